The van der Waals surface area contributed by atoms with Crippen LogP contribution in [0.5, 0.6) is 5.75 Å². The van der Waals surface area contributed by atoms with Crippen LogP contribution in [0, 0.1) is 13.8 Å². The second-order valence-electron chi connectivity index (χ2n) is 11.8. The molecule has 250 valence electrons. The van der Waals surface area contributed by atoms with Crippen molar-refractivity contribution >= 4 is 53.6 Å². The number of hydrogen-bond acceptors (Lipinski definition) is 7. The monoisotopic (exact) mass is 697 g/mol. The lowest BCUT2D eigenvalue weighted by Crippen LogP contribution is -2.35. The molecule has 0 spiro atoms. The zero-order valence-corrected chi connectivity index (χ0v) is 29.3. The highest BCUT2D eigenvalue weighted by Crippen LogP contribution is 2.42. The summed E-state index contributed by atoms with van der Waals surface area (Å²) in [5.74, 6) is 0.780. The van der Waals surface area contributed by atoms with Crippen molar-refractivity contribution < 1.29 is 35.2 Å². The Morgan fingerprint density at radius 3 is 2.23 bits per heavy atom. The van der Waals surface area contributed by atoms with Gasteiger partial charge in [0.05, 0.1) is 17.2 Å². The molecule has 3 aromatic carbocycles. The van der Waals surface area contributed by atoms with E-state index in [2.05, 4.69) is 66.6 Å². The van der Waals surface area contributed by atoms with E-state index in [0.29, 0.717) is 56.8 Å². The van der Waals surface area contributed by atoms with E-state index >= 15 is 0 Å². The molecule has 0 saturated carbocycles. The Labute approximate surface area is 281 Å². The molecule has 12 heteroatoms. The van der Waals surface area contributed by atoms with Gasteiger partial charge in [-0.25, -0.2) is 0 Å². The van der Waals surface area contributed by atoms with Gasteiger partial charge in [-0.2, -0.15) is 21.4 Å². The minimum Gasteiger partial charge on any atom is -0.439 e. The van der Waals surface area contributed by atoms with Crippen LogP contribution >= 0.6 is 11.3 Å². The Morgan fingerprint density at radius 2 is 1.55 bits per heavy atom. The molecule has 1 aliphatic heterocycles. The molecule has 47 heavy (non-hydrogen) atoms. The first-order valence-electron chi connectivity index (χ1n) is 15.7. The summed E-state index contributed by atoms with van der Waals surface area (Å²) in [6.07, 6.45) is 6.66. The summed E-state index contributed by atoms with van der Waals surface area (Å²) in [6.45, 7) is 7.34. The first-order valence-corrected chi connectivity index (χ1v) is 19.8. The van der Waals surface area contributed by atoms with E-state index < -0.39 is 20.2 Å². The maximum Gasteiger partial charge on any atom is 0.264 e. The van der Waals surface area contributed by atoms with Crippen LogP contribution in [-0.4, -0.2) is 44.0 Å². The molecule has 0 amide bonds. The molecule has 1 aromatic heterocycles. The SMILES string of the molecule is CCC(/C=C1\Oc2ccc(-c3ccccc3)cc2N1CCCCS(=O)(=O)O)=C\c1sc2cc(C)c(C)cc2[n+]1CCCCS(=O)(=O)O. The molecule has 0 unspecified atom stereocenters. The van der Waals surface area contributed by atoms with Gasteiger partial charge in [0, 0.05) is 31.2 Å². The average Bonchev–Trinajstić information content (AvgIpc) is 3.52. The van der Waals surface area contributed by atoms with Gasteiger partial charge in [-0.15, -0.1) is 0 Å². The standard InChI is InChI=1S/C35H40N2O7S3/c1-4-27(23-35-37(17-9-11-19-47(41,42)43)31-20-25(2)26(3)21-33(31)45-35)22-34-36(16-8-10-18-46(38,39)40)30-24-29(14-15-32(30)44-34)28-12-6-5-7-13-28/h5-7,12-15,20-24H,4,8-11,16-19H2,1-3H3,(H-,38,39,40,41,42,43)/p+1. The van der Waals surface area contributed by atoms with Crippen LogP contribution in [0.1, 0.15) is 55.2 Å². The summed E-state index contributed by atoms with van der Waals surface area (Å²) in [4.78, 5) is 2.07. The minimum atomic E-state index is -4.05. The van der Waals surface area contributed by atoms with Gasteiger partial charge < -0.3 is 9.64 Å². The van der Waals surface area contributed by atoms with Crippen molar-refractivity contribution in [1.29, 1.82) is 0 Å². The number of anilines is 1. The first-order chi connectivity index (χ1) is 22.3. The van der Waals surface area contributed by atoms with Crippen LogP contribution in [0.15, 0.2) is 78.2 Å². The van der Waals surface area contributed by atoms with Gasteiger partial charge in [-0.05, 0) is 85.6 Å². The number of hydrogen-bond donors (Lipinski definition) is 2. The maximum atomic E-state index is 11.4. The van der Waals surface area contributed by atoms with Crippen molar-refractivity contribution in [3.05, 3.63) is 94.3 Å². The molecule has 4 aromatic rings. The van der Waals surface area contributed by atoms with Gasteiger partial charge >= 0.3 is 0 Å². The number of benzene rings is 3. The first kappa shape index (κ1) is 34.8. The molecule has 0 atom stereocenters. The second kappa shape index (κ2) is 14.7. The van der Waals surface area contributed by atoms with E-state index in [1.807, 2.05) is 36.4 Å². The largest absolute Gasteiger partial charge is 0.439 e. The van der Waals surface area contributed by atoms with Crippen molar-refractivity contribution in [3.8, 4) is 16.9 Å². The Kier molecular flexibility index (Phi) is 10.9. The van der Waals surface area contributed by atoms with Crippen LogP contribution in [0.3, 0.4) is 0 Å². The van der Waals surface area contributed by atoms with Gasteiger partial charge in [0.25, 0.3) is 25.2 Å². The zero-order chi connectivity index (χ0) is 33.8. The molecule has 0 bridgehead atoms. The van der Waals surface area contributed by atoms with E-state index in [1.165, 1.54) is 11.1 Å². The predicted octanol–water partition coefficient (Wildman–Crippen LogP) is 7.34. The van der Waals surface area contributed by atoms with Gasteiger partial charge in [0.2, 0.25) is 11.4 Å². The molecular weight excluding hydrogens is 657 g/mol. The Bertz CT molecular complexity index is 2030. The summed E-state index contributed by atoms with van der Waals surface area (Å²) in [6, 6.07) is 20.5. The van der Waals surface area contributed by atoms with E-state index in [1.54, 1.807) is 11.3 Å². The third-order valence-electron chi connectivity index (χ3n) is 8.28. The van der Waals surface area contributed by atoms with Crippen molar-refractivity contribution in [2.75, 3.05) is 23.0 Å². The lowest BCUT2D eigenvalue weighted by molar-refractivity contribution is -0.669. The molecule has 2 heterocycles. The molecule has 0 radical (unpaired) electrons. The van der Waals surface area contributed by atoms with E-state index in [4.69, 9.17) is 4.74 Å². The fraction of sp³-hybridized carbons (Fsp3) is 0.343. The molecule has 2 N–H and O–H groups in total. The number of nitrogens with zero attached hydrogens (tertiary/aromatic N) is 2. The number of allylic oxidation sites excluding steroid dienone is 2. The van der Waals surface area contributed by atoms with Crippen LogP contribution in [-0.2, 0) is 26.8 Å². The molecule has 5 rings (SSSR count). The molecule has 0 fully saturated rings. The van der Waals surface area contributed by atoms with Crippen molar-refractivity contribution in [2.24, 2.45) is 0 Å². The van der Waals surface area contributed by atoms with Crippen LogP contribution < -0.4 is 14.2 Å². The molecular formula is C35H41N2O7S3+. The summed E-state index contributed by atoms with van der Waals surface area (Å²) >= 11 is 1.67. The van der Waals surface area contributed by atoms with Crippen LogP contribution in [0.2, 0.25) is 0 Å². The zero-order valence-electron chi connectivity index (χ0n) is 26.8. The Morgan fingerprint density at radius 1 is 0.872 bits per heavy atom. The number of unbranched alkanes of at least 4 members (excludes halogenated alkanes) is 2. The lowest BCUT2D eigenvalue weighted by Gasteiger charge is -2.19. The highest BCUT2D eigenvalue weighted by Gasteiger charge is 2.28. The maximum absolute atomic E-state index is 11.4. The van der Waals surface area contributed by atoms with Gasteiger partial charge in [-0.3, -0.25) is 9.11 Å². The normalized spacial score (nSPS) is 14.6. The third-order valence-corrected chi connectivity index (χ3v) is 11.0. The number of rotatable bonds is 14. The second-order valence-corrected chi connectivity index (χ2v) is 16.0. The van der Waals surface area contributed by atoms with Crippen molar-refractivity contribution in [3.63, 3.8) is 0 Å². The highest BCUT2D eigenvalue weighted by atomic mass is 32.2. The molecule has 1 aliphatic rings. The number of ether oxygens (including phenoxy) is 1. The fourth-order valence-electron chi connectivity index (χ4n) is 5.61. The Balaban J connectivity index is 1.50. The lowest BCUT2D eigenvalue weighted by atomic mass is 10.0. The third kappa shape index (κ3) is 9.08. The van der Waals surface area contributed by atoms with E-state index in [-0.39, 0.29) is 11.5 Å². The number of fused-ring (bicyclic) bond motifs is 2. The predicted molar refractivity (Wildman–Crippen MR) is 189 cm³/mol. The number of aryl methyl sites for hydroxylation is 3. The van der Waals surface area contributed by atoms with Crippen molar-refractivity contribution in [2.45, 2.75) is 59.4 Å². The molecule has 0 aliphatic carbocycles. The molecule has 0 saturated heterocycles. The fourth-order valence-corrected chi connectivity index (χ4v) is 8.00. The van der Waals surface area contributed by atoms with Crippen molar-refractivity contribution in [1.82, 2.24) is 0 Å². The van der Waals surface area contributed by atoms with Gasteiger partial charge in [0.15, 0.2) is 12.3 Å². The van der Waals surface area contributed by atoms with E-state index in [0.717, 1.165) is 37.6 Å². The molecule has 9 nitrogen and oxygen atoms in total. The highest BCUT2D eigenvalue weighted by molar-refractivity contribution is 7.86. The summed E-state index contributed by atoms with van der Waals surface area (Å²) in [7, 11) is -8.06. The van der Waals surface area contributed by atoms with Gasteiger partial charge in [0.1, 0.15) is 4.70 Å². The summed E-state index contributed by atoms with van der Waals surface area (Å²) in [5.41, 5.74) is 7.47. The summed E-state index contributed by atoms with van der Waals surface area (Å²) < 4.78 is 73.6. The number of thiazole rings is 1. The quantitative estimate of drug-likeness (QED) is 0.0797. The summed E-state index contributed by atoms with van der Waals surface area (Å²) in [5, 5.41) is 1.02. The van der Waals surface area contributed by atoms with Gasteiger partial charge in [-0.1, -0.05) is 54.7 Å². The minimum absolute atomic E-state index is 0.269. The average molecular weight is 698 g/mol. The van der Waals surface area contributed by atoms with Crippen LogP contribution in [0.4, 0.5) is 5.69 Å². The van der Waals surface area contributed by atoms with E-state index in [9.17, 15) is 25.9 Å². The Hall–Kier alpha value is -3.55. The van der Waals surface area contributed by atoms with Crippen LogP contribution in [0.25, 0.3) is 27.4 Å². The smallest absolute Gasteiger partial charge is 0.264 e. The number of aromatic nitrogens is 1. The topological polar surface area (TPSA) is 125 Å².